The van der Waals surface area contributed by atoms with Gasteiger partial charge in [-0.25, -0.2) is 4.68 Å². The number of amides is 2. The summed E-state index contributed by atoms with van der Waals surface area (Å²) in [5.41, 5.74) is 4.17. The summed E-state index contributed by atoms with van der Waals surface area (Å²) in [5.74, 6) is -0.198. The van der Waals surface area contributed by atoms with Crippen LogP contribution in [-0.2, 0) is 30.7 Å². The van der Waals surface area contributed by atoms with E-state index in [2.05, 4.69) is 32.7 Å². The van der Waals surface area contributed by atoms with E-state index in [0.717, 1.165) is 48.2 Å². The van der Waals surface area contributed by atoms with E-state index in [0.29, 0.717) is 18.0 Å². The van der Waals surface area contributed by atoms with E-state index >= 15 is 0 Å². The van der Waals surface area contributed by atoms with Crippen molar-refractivity contribution in [3.8, 4) is 5.69 Å². The van der Waals surface area contributed by atoms with Crippen LogP contribution in [0.1, 0.15) is 45.9 Å². The van der Waals surface area contributed by atoms with Crippen molar-refractivity contribution in [3.63, 3.8) is 0 Å². The lowest BCUT2D eigenvalue weighted by atomic mass is 9.96. The smallest absolute Gasteiger partial charge is 0.290 e. The maximum atomic E-state index is 12.5. The first-order chi connectivity index (χ1) is 14.6. The molecular formula is C21H22N6O3. The fourth-order valence-corrected chi connectivity index (χ4v) is 3.40. The van der Waals surface area contributed by atoms with Gasteiger partial charge in [-0.15, -0.1) is 5.10 Å². The molecule has 0 saturated carbocycles. The van der Waals surface area contributed by atoms with Crippen LogP contribution >= 0.6 is 0 Å². The maximum absolute atomic E-state index is 12.5. The van der Waals surface area contributed by atoms with Crippen LogP contribution in [0.5, 0.6) is 0 Å². The van der Waals surface area contributed by atoms with Crippen LogP contribution in [-0.4, -0.2) is 32.0 Å². The average molecular weight is 406 g/mol. The van der Waals surface area contributed by atoms with Crippen molar-refractivity contribution in [2.75, 3.05) is 0 Å². The molecule has 2 aromatic heterocycles. The lowest BCUT2D eigenvalue weighted by Crippen LogP contribution is -2.24. The van der Waals surface area contributed by atoms with Gasteiger partial charge in [0.15, 0.2) is 0 Å². The van der Waals surface area contributed by atoms with Gasteiger partial charge >= 0.3 is 0 Å². The van der Waals surface area contributed by atoms with E-state index in [-0.39, 0.29) is 18.4 Å². The summed E-state index contributed by atoms with van der Waals surface area (Å²) in [6.07, 6.45) is 6.77. The lowest BCUT2D eigenvalue weighted by Gasteiger charge is -2.09. The first kappa shape index (κ1) is 19.6. The SMILES string of the molecule is C=CC(=O)NCc1cn(-c2cccc(CNC(=O)c3onc4c3CCCC4)c2)nn1. The Balaban J connectivity index is 1.40. The predicted octanol–water partition coefficient (Wildman–Crippen LogP) is 1.87. The fourth-order valence-electron chi connectivity index (χ4n) is 3.40. The molecular weight excluding hydrogens is 384 g/mol. The van der Waals surface area contributed by atoms with Gasteiger partial charge in [0.1, 0.15) is 5.69 Å². The Hall–Kier alpha value is -3.75. The van der Waals surface area contributed by atoms with Crippen molar-refractivity contribution in [2.24, 2.45) is 0 Å². The van der Waals surface area contributed by atoms with Gasteiger partial charge in [-0.1, -0.05) is 29.1 Å². The zero-order valence-corrected chi connectivity index (χ0v) is 16.4. The molecule has 0 radical (unpaired) electrons. The highest BCUT2D eigenvalue weighted by molar-refractivity contribution is 5.93. The predicted molar refractivity (Wildman–Crippen MR) is 108 cm³/mol. The average Bonchev–Trinajstić information content (AvgIpc) is 3.43. The van der Waals surface area contributed by atoms with Crippen LogP contribution in [0.15, 0.2) is 47.6 Å². The van der Waals surface area contributed by atoms with Gasteiger partial charge in [-0.2, -0.15) is 0 Å². The molecule has 0 aliphatic heterocycles. The molecule has 30 heavy (non-hydrogen) atoms. The van der Waals surface area contributed by atoms with Crippen molar-refractivity contribution >= 4 is 11.8 Å². The van der Waals surface area contributed by atoms with Crippen molar-refractivity contribution in [1.29, 1.82) is 0 Å². The van der Waals surface area contributed by atoms with E-state index < -0.39 is 0 Å². The third-order valence-electron chi connectivity index (χ3n) is 4.96. The number of hydrogen-bond acceptors (Lipinski definition) is 6. The molecule has 1 aromatic carbocycles. The summed E-state index contributed by atoms with van der Waals surface area (Å²) < 4.78 is 6.91. The van der Waals surface area contributed by atoms with Gasteiger partial charge in [-0.3, -0.25) is 9.59 Å². The van der Waals surface area contributed by atoms with Crippen LogP contribution in [0.3, 0.4) is 0 Å². The van der Waals surface area contributed by atoms with E-state index in [4.69, 9.17) is 4.52 Å². The Bertz CT molecular complexity index is 1080. The second-order valence-electron chi connectivity index (χ2n) is 7.07. The number of benzene rings is 1. The van der Waals surface area contributed by atoms with Crippen LogP contribution in [0.2, 0.25) is 0 Å². The summed E-state index contributed by atoms with van der Waals surface area (Å²) >= 11 is 0. The zero-order valence-electron chi connectivity index (χ0n) is 16.4. The number of nitrogens with one attached hydrogen (secondary N) is 2. The molecule has 0 saturated heterocycles. The van der Waals surface area contributed by atoms with Crippen LogP contribution in [0, 0.1) is 0 Å². The first-order valence-electron chi connectivity index (χ1n) is 9.80. The Kier molecular flexibility index (Phi) is 5.69. The number of aromatic nitrogens is 4. The lowest BCUT2D eigenvalue weighted by molar-refractivity contribution is -0.116. The topological polar surface area (TPSA) is 115 Å². The molecule has 2 N–H and O–H groups in total. The monoisotopic (exact) mass is 406 g/mol. The number of carbonyl (C=O) groups is 2. The van der Waals surface area contributed by atoms with E-state index in [9.17, 15) is 9.59 Å². The molecule has 0 unspecified atom stereocenters. The Morgan fingerprint density at radius 3 is 2.93 bits per heavy atom. The standard InChI is InChI=1S/C21H22N6O3/c1-2-19(28)22-12-15-13-27(26-24-15)16-7-5-6-14(10-16)11-23-21(29)20-17-8-3-4-9-18(17)25-30-20/h2,5-7,10,13H,1,3-4,8-9,11-12H2,(H,22,28)(H,23,29). The molecule has 1 aliphatic carbocycles. The Morgan fingerprint density at radius 2 is 2.07 bits per heavy atom. The number of hydrogen-bond donors (Lipinski definition) is 2. The fraction of sp³-hybridized carbons (Fsp3) is 0.286. The van der Waals surface area contributed by atoms with Gasteiger partial charge in [0.25, 0.3) is 5.91 Å². The molecule has 9 nitrogen and oxygen atoms in total. The number of fused-ring (bicyclic) bond motifs is 1. The molecule has 3 aromatic rings. The maximum Gasteiger partial charge on any atom is 0.290 e. The molecule has 4 rings (SSSR count). The number of carbonyl (C=O) groups excluding carboxylic acids is 2. The Labute approximate surface area is 173 Å². The van der Waals surface area contributed by atoms with E-state index in [1.807, 2.05) is 24.3 Å². The molecule has 2 amide bonds. The van der Waals surface area contributed by atoms with E-state index in [1.165, 1.54) is 6.08 Å². The molecule has 0 atom stereocenters. The van der Waals surface area contributed by atoms with Gasteiger partial charge < -0.3 is 15.2 Å². The highest BCUT2D eigenvalue weighted by atomic mass is 16.5. The summed E-state index contributed by atoms with van der Waals surface area (Å²) in [5, 5.41) is 17.7. The van der Waals surface area contributed by atoms with Gasteiger partial charge in [0, 0.05) is 12.1 Å². The minimum Gasteiger partial charge on any atom is -0.350 e. The normalized spacial score (nSPS) is 12.8. The van der Waals surface area contributed by atoms with Crippen molar-refractivity contribution in [2.45, 2.75) is 38.8 Å². The quantitative estimate of drug-likeness (QED) is 0.579. The number of aryl methyl sites for hydroxylation is 1. The molecule has 2 heterocycles. The molecule has 0 fully saturated rings. The first-order valence-corrected chi connectivity index (χ1v) is 9.80. The molecule has 9 heteroatoms. The summed E-state index contributed by atoms with van der Waals surface area (Å²) in [6, 6.07) is 7.60. The van der Waals surface area contributed by atoms with Crippen molar-refractivity contribution in [1.82, 2.24) is 30.8 Å². The van der Waals surface area contributed by atoms with Gasteiger partial charge in [0.2, 0.25) is 11.7 Å². The second-order valence-corrected chi connectivity index (χ2v) is 7.07. The molecule has 0 bridgehead atoms. The highest BCUT2D eigenvalue weighted by Gasteiger charge is 2.23. The number of nitrogens with zero attached hydrogens (tertiary/aromatic N) is 4. The van der Waals surface area contributed by atoms with Crippen molar-refractivity contribution in [3.05, 3.63) is 71.4 Å². The van der Waals surface area contributed by atoms with Crippen LogP contribution < -0.4 is 10.6 Å². The van der Waals surface area contributed by atoms with Gasteiger partial charge in [0.05, 0.1) is 24.1 Å². The zero-order chi connectivity index (χ0) is 20.9. The van der Waals surface area contributed by atoms with Crippen molar-refractivity contribution < 1.29 is 14.1 Å². The highest BCUT2D eigenvalue weighted by Crippen LogP contribution is 2.23. The van der Waals surface area contributed by atoms with Crippen LogP contribution in [0.4, 0.5) is 0 Å². The molecule has 1 aliphatic rings. The third kappa shape index (κ3) is 4.29. The van der Waals surface area contributed by atoms with Crippen LogP contribution in [0.25, 0.3) is 5.69 Å². The Morgan fingerprint density at radius 1 is 1.20 bits per heavy atom. The largest absolute Gasteiger partial charge is 0.350 e. The third-order valence-corrected chi connectivity index (χ3v) is 4.96. The molecule has 0 spiro atoms. The minimum absolute atomic E-state index is 0.253. The van der Waals surface area contributed by atoms with Gasteiger partial charge in [-0.05, 0) is 49.5 Å². The summed E-state index contributed by atoms with van der Waals surface area (Å²) in [6.45, 7) is 4.02. The number of rotatable bonds is 7. The second kappa shape index (κ2) is 8.73. The minimum atomic E-state index is -0.268. The summed E-state index contributed by atoms with van der Waals surface area (Å²) in [4.78, 5) is 23.8. The van der Waals surface area contributed by atoms with E-state index in [1.54, 1.807) is 10.9 Å². The summed E-state index contributed by atoms with van der Waals surface area (Å²) in [7, 11) is 0. The molecule has 154 valence electrons.